The molecule has 0 fully saturated rings. The van der Waals surface area contributed by atoms with E-state index in [1.54, 1.807) is 7.11 Å². The third kappa shape index (κ3) is 3.30. The molecule has 0 heterocycles. The van der Waals surface area contributed by atoms with Gasteiger partial charge in [0.2, 0.25) is 0 Å². The molecule has 2 aromatic carbocycles. The number of hydrogen-bond donors (Lipinski definition) is 1. The summed E-state index contributed by atoms with van der Waals surface area (Å²) in [5.74, 6) is 0.819. The maximum Gasteiger partial charge on any atom is 0.131 e. The number of hydrogen-bond acceptors (Lipinski definition) is 3. The summed E-state index contributed by atoms with van der Waals surface area (Å²) in [6, 6.07) is 16.4. The maximum absolute atomic E-state index is 12.0. The highest BCUT2D eigenvalue weighted by Gasteiger charge is 2.36. The number of nitrogens with one attached hydrogen (secondary N) is 1. The molecule has 0 spiro atoms. The summed E-state index contributed by atoms with van der Waals surface area (Å²) in [5, 5.41) is 3.47. The molecule has 3 heteroatoms. The number of ether oxygens (including phenoxy) is 1. The van der Waals surface area contributed by atoms with Crippen LogP contribution in [0.4, 0.5) is 0 Å². The van der Waals surface area contributed by atoms with Crippen molar-refractivity contribution in [2.24, 2.45) is 0 Å². The molecule has 1 aliphatic carbocycles. The Morgan fingerprint density at radius 1 is 1.22 bits per heavy atom. The summed E-state index contributed by atoms with van der Waals surface area (Å²) >= 11 is 0. The molecule has 0 amide bonds. The summed E-state index contributed by atoms with van der Waals surface area (Å²) in [6.07, 6.45) is 4.10. The van der Waals surface area contributed by atoms with E-state index in [9.17, 15) is 4.79 Å². The van der Waals surface area contributed by atoms with Crippen LogP contribution in [0.25, 0.3) is 0 Å². The normalized spacial score (nSPS) is 19.9. The summed E-state index contributed by atoms with van der Waals surface area (Å²) in [4.78, 5) is 12.0. The lowest BCUT2D eigenvalue weighted by Gasteiger charge is -2.35. The van der Waals surface area contributed by atoms with Crippen LogP contribution in [0.5, 0.6) is 5.75 Å². The Morgan fingerprint density at radius 2 is 2.04 bits per heavy atom. The van der Waals surface area contributed by atoms with Crippen molar-refractivity contribution in [2.45, 2.75) is 31.2 Å². The molecule has 1 N–H and O–H groups in total. The van der Waals surface area contributed by atoms with E-state index >= 15 is 0 Å². The Hall–Kier alpha value is -2.13. The molecule has 1 aliphatic rings. The summed E-state index contributed by atoms with van der Waals surface area (Å²) in [5.41, 5.74) is 3.18. The number of carbonyl (C=O) groups excluding carboxylic acids is 1. The molecular formula is C20H23NO2. The Morgan fingerprint density at radius 3 is 2.78 bits per heavy atom. The van der Waals surface area contributed by atoms with Gasteiger partial charge in [0, 0.05) is 13.1 Å². The molecule has 0 aromatic heterocycles. The quantitative estimate of drug-likeness (QED) is 0.832. The van der Waals surface area contributed by atoms with Gasteiger partial charge in [-0.15, -0.1) is 0 Å². The fourth-order valence-electron chi connectivity index (χ4n) is 3.47. The lowest BCUT2D eigenvalue weighted by atomic mass is 9.70. The van der Waals surface area contributed by atoms with Gasteiger partial charge in [0.15, 0.2) is 0 Å². The minimum atomic E-state index is -0.448. The van der Waals surface area contributed by atoms with Crippen LogP contribution in [0.1, 0.15) is 29.5 Å². The maximum atomic E-state index is 12.0. The number of aryl methyl sites for hydroxylation is 1. The summed E-state index contributed by atoms with van der Waals surface area (Å²) in [6.45, 7) is 1.43. The van der Waals surface area contributed by atoms with E-state index in [4.69, 9.17) is 4.74 Å². The topological polar surface area (TPSA) is 38.3 Å². The van der Waals surface area contributed by atoms with Crippen LogP contribution < -0.4 is 10.1 Å². The first-order valence-electron chi connectivity index (χ1n) is 8.16. The van der Waals surface area contributed by atoms with Gasteiger partial charge in [-0.1, -0.05) is 36.4 Å². The summed E-state index contributed by atoms with van der Waals surface area (Å²) in [7, 11) is 1.67. The minimum absolute atomic E-state index is 0.448. The highest BCUT2D eigenvalue weighted by atomic mass is 16.5. The van der Waals surface area contributed by atoms with E-state index in [-0.39, 0.29) is 0 Å². The molecule has 0 aliphatic heterocycles. The number of aldehydes is 1. The van der Waals surface area contributed by atoms with Crippen LogP contribution in [-0.4, -0.2) is 19.9 Å². The first-order valence-corrected chi connectivity index (χ1v) is 8.16. The zero-order valence-electron chi connectivity index (χ0n) is 13.5. The van der Waals surface area contributed by atoms with E-state index in [0.717, 1.165) is 43.4 Å². The zero-order valence-corrected chi connectivity index (χ0v) is 13.5. The van der Waals surface area contributed by atoms with Gasteiger partial charge in [0.05, 0.1) is 12.5 Å². The van der Waals surface area contributed by atoms with Gasteiger partial charge in [0.1, 0.15) is 12.0 Å². The number of rotatable bonds is 6. The smallest absolute Gasteiger partial charge is 0.131 e. The number of carbonyl (C=O) groups is 1. The molecule has 0 saturated heterocycles. The van der Waals surface area contributed by atoms with Crippen molar-refractivity contribution in [3.05, 3.63) is 65.2 Å². The molecule has 120 valence electrons. The molecule has 0 saturated carbocycles. The number of benzene rings is 2. The van der Waals surface area contributed by atoms with Crippen LogP contribution >= 0.6 is 0 Å². The fourth-order valence-corrected chi connectivity index (χ4v) is 3.47. The molecule has 1 unspecified atom stereocenters. The Labute approximate surface area is 137 Å². The average Bonchev–Trinajstić information content (AvgIpc) is 2.62. The monoisotopic (exact) mass is 309 g/mol. The van der Waals surface area contributed by atoms with Gasteiger partial charge in [-0.2, -0.15) is 0 Å². The molecule has 2 aromatic rings. The van der Waals surface area contributed by atoms with Crippen molar-refractivity contribution in [3.63, 3.8) is 0 Å². The predicted octanol–water partition coefficient (Wildman–Crippen LogP) is 3.26. The second-order valence-corrected chi connectivity index (χ2v) is 6.24. The lowest BCUT2D eigenvalue weighted by Crippen LogP contribution is -2.42. The molecule has 1 atom stereocenters. The predicted molar refractivity (Wildman–Crippen MR) is 91.8 cm³/mol. The second kappa shape index (κ2) is 6.97. The van der Waals surface area contributed by atoms with Crippen LogP contribution in [0.15, 0.2) is 48.5 Å². The largest absolute Gasteiger partial charge is 0.497 e. The minimum Gasteiger partial charge on any atom is -0.497 e. The first-order chi connectivity index (χ1) is 11.3. The fraction of sp³-hybridized carbons (Fsp3) is 0.350. The Bertz CT molecular complexity index is 669. The van der Waals surface area contributed by atoms with Crippen molar-refractivity contribution in [3.8, 4) is 5.75 Å². The van der Waals surface area contributed by atoms with Gasteiger partial charge in [-0.25, -0.2) is 0 Å². The summed E-state index contributed by atoms with van der Waals surface area (Å²) < 4.78 is 5.36. The second-order valence-electron chi connectivity index (χ2n) is 6.24. The lowest BCUT2D eigenvalue weighted by molar-refractivity contribution is -0.113. The molecule has 0 bridgehead atoms. The van der Waals surface area contributed by atoms with Crippen molar-refractivity contribution in [1.82, 2.24) is 5.32 Å². The van der Waals surface area contributed by atoms with Crippen LogP contribution in [-0.2, 0) is 23.2 Å². The molecular weight excluding hydrogens is 286 g/mol. The zero-order chi connectivity index (χ0) is 16.1. The third-order valence-corrected chi connectivity index (χ3v) is 4.76. The number of methoxy groups -OCH3 is 1. The van der Waals surface area contributed by atoms with E-state index in [1.165, 1.54) is 11.1 Å². The van der Waals surface area contributed by atoms with Gasteiger partial charge in [0.25, 0.3) is 0 Å². The SMILES string of the molecule is COc1ccc2c(c1)C(C=O)(CNCc1ccccc1)CCC2. The van der Waals surface area contributed by atoms with E-state index in [0.29, 0.717) is 6.54 Å². The van der Waals surface area contributed by atoms with E-state index < -0.39 is 5.41 Å². The van der Waals surface area contributed by atoms with Gasteiger partial charge in [-0.05, 0) is 48.1 Å². The highest BCUT2D eigenvalue weighted by Crippen LogP contribution is 2.37. The van der Waals surface area contributed by atoms with Gasteiger partial charge < -0.3 is 14.8 Å². The van der Waals surface area contributed by atoms with Crippen LogP contribution in [0.3, 0.4) is 0 Å². The van der Waals surface area contributed by atoms with Gasteiger partial charge in [-0.3, -0.25) is 0 Å². The standard InChI is InChI=1S/C20H23NO2/c1-23-18-10-9-17-8-5-11-20(15-22,19(17)12-18)14-21-13-16-6-3-2-4-7-16/h2-4,6-7,9-10,12,15,21H,5,8,11,13-14H2,1H3. The van der Waals surface area contributed by atoms with Crippen molar-refractivity contribution in [2.75, 3.05) is 13.7 Å². The first kappa shape index (κ1) is 15.8. The Balaban J connectivity index is 1.80. The van der Waals surface area contributed by atoms with Crippen molar-refractivity contribution < 1.29 is 9.53 Å². The molecule has 3 rings (SSSR count). The van der Waals surface area contributed by atoms with E-state index in [1.807, 2.05) is 30.3 Å². The average molecular weight is 309 g/mol. The van der Waals surface area contributed by atoms with Gasteiger partial charge >= 0.3 is 0 Å². The van der Waals surface area contributed by atoms with Crippen LogP contribution in [0, 0.1) is 0 Å². The Kier molecular flexibility index (Phi) is 4.77. The molecule has 23 heavy (non-hydrogen) atoms. The molecule has 3 nitrogen and oxygen atoms in total. The third-order valence-electron chi connectivity index (χ3n) is 4.76. The van der Waals surface area contributed by atoms with Crippen molar-refractivity contribution >= 4 is 6.29 Å². The number of fused-ring (bicyclic) bond motifs is 1. The molecule has 0 radical (unpaired) electrons. The van der Waals surface area contributed by atoms with Crippen molar-refractivity contribution in [1.29, 1.82) is 0 Å². The highest BCUT2D eigenvalue weighted by molar-refractivity contribution is 5.71. The van der Waals surface area contributed by atoms with Crippen LogP contribution in [0.2, 0.25) is 0 Å². The van der Waals surface area contributed by atoms with E-state index in [2.05, 4.69) is 23.5 Å².